The van der Waals surface area contributed by atoms with Gasteiger partial charge in [-0.3, -0.25) is 15.1 Å². The minimum Gasteiger partial charge on any atom is -0.465 e. The fourth-order valence-corrected chi connectivity index (χ4v) is 3.68. The second-order valence-corrected chi connectivity index (χ2v) is 7.22. The first-order chi connectivity index (χ1) is 12.7. The summed E-state index contributed by atoms with van der Waals surface area (Å²) in [5, 5.41) is 11.1. The number of nitrogens with zero attached hydrogens (tertiary/aromatic N) is 3. The van der Waals surface area contributed by atoms with E-state index < -0.39 is 0 Å². The maximum Gasteiger partial charge on any atom is 0.337 e. The van der Waals surface area contributed by atoms with Crippen molar-refractivity contribution in [3.05, 3.63) is 65.5 Å². The third kappa shape index (κ3) is 4.64. The van der Waals surface area contributed by atoms with Gasteiger partial charge in [-0.25, -0.2) is 4.79 Å². The predicted molar refractivity (Wildman–Crippen MR) is 99.4 cm³/mol. The van der Waals surface area contributed by atoms with Crippen LogP contribution in [0.25, 0.3) is 0 Å². The van der Waals surface area contributed by atoms with Gasteiger partial charge < -0.3 is 4.74 Å². The van der Waals surface area contributed by atoms with Gasteiger partial charge in [0.25, 0.3) is 5.91 Å². The Hall–Kier alpha value is -2.78. The molecule has 132 valence electrons. The molecule has 0 radical (unpaired) electrons. The van der Waals surface area contributed by atoms with Crippen LogP contribution >= 0.6 is 23.1 Å². The molecule has 1 N–H and O–H groups in total. The summed E-state index contributed by atoms with van der Waals surface area (Å²) in [6.45, 7) is 0. The highest BCUT2D eigenvalue weighted by atomic mass is 32.2. The zero-order valence-corrected chi connectivity index (χ0v) is 15.3. The minimum atomic E-state index is -0.360. The molecule has 0 fully saturated rings. The number of methoxy groups -OCH3 is 1. The maximum absolute atomic E-state index is 12.0. The molecule has 0 bridgehead atoms. The fourth-order valence-electron chi connectivity index (χ4n) is 1.98. The number of thioether (sulfide) groups is 1. The summed E-state index contributed by atoms with van der Waals surface area (Å²) in [5.74, 6) is -0.0112. The van der Waals surface area contributed by atoms with E-state index in [1.165, 1.54) is 30.2 Å². The van der Waals surface area contributed by atoms with Crippen LogP contribution in [0.5, 0.6) is 0 Å². The van der Waals surface area contributed by atoms with E-state index in [1.54, 1.807) is 36.5 Å². The molecule has 2 aromatic heterocycles. The van der Waals surface area contributed by atoms with E-state index >= 15 is 0 Å². The second-order valence-electron chi connectivity index (χ2n) is 5.02. The lowest BCUT2D eigenvalue weighted by Crippen LogP contribution is -2.13. The van der Waals surface area contributed by atoms with Gasteiger partial charge in [-0.15, -0.1) is 10.2 Å². The summed E-state index contributed by atoms with van der Waals surface area (Å²) in [4.78, 5) is 27.4. The van der Waals surface area contributed by atoms with Crippen LogP contribution in [0.1, 0.15) is 26.4 Å². The molecule has 3 aromatic rings. The van der Waals surface area contributed by atoms with E-state index in [2.05, 4.69) is 25.2 Å². The highest BCUT2D eigenvalue weighted by Crippen LogP contribution is 2.28. The van der Waals surface area contributed by atoms with Gasteiger partial charge in [0, 0.05) is 11.9 Å². The molecule has 3 rings (SSSR count). The van der Waals surface area contributed by atoms with Crippen molar-refractivity contribution < 1.29 is 14.3 Å². The molecule has 7 nitrogen and oxygen atoms in total. The number of benzene rings is 1. The molecule has 1 amide bonds. The Morgan fingerprint density at radius 1 is 1.15 bits per heavy atom. The van der Waals surface area contributed by atoms with Gasteiger partial charge in [0.1, 0.15) is 5.69 Å². The van der Waals surface area contributed by atoms with Gasteiger partial charge in [0.2, 0.25) is 5.13 Å². The molecule has 0 saturated heterocycles. The number of hydrogen-bond acceptors (Lipinski definition) is 8. The van der Waals surface area contributed by atoms with Crippen LogP contribution in [0.3, 0.4) is 0 Å². The number of ether oxygens (including phenoxy) is 1. The Kier molecular flexibility index (Phi) is 5.92. The van der Waals surface area contributed by atoms with Gasteiger partial charge in [-0.1, -0.05) is 41.3 Å². The van der Waals surface area contributed by atoms with E-state index in [0.29, 0.717) is 22.1 Å². The van der Waals surface area contributed by atoms with Crippen LogP contribution in [0, 0.1) is 0 Å². The molecule has 0 atom stereocenters. The van der Waals surface area contributed by atoms with E-state index in [1.807, 2.05) is 12.1 Å². The number of rotatable bonds is 6. The molecular formula is C17H14N4O3S2. The van der Waals surface area contributed by atoms with Crippen molar-refractivity contribution in [3.63, 3.8) is 0 Å². The van der Waals surface area contributed by atoms with Crippen molar-refractivity contribution in [2.75, 3.05) is 12.4 Å². The van der Waals surface area contributed by atoms with Crippen molar-refractivity contribution in [2.24, 2.45) is 0 Å². The Balaban J connectivity index is 1.55. The second kappa shape index (κ2) is 8.54. The van der Waals surface area contributed by atoms with Crippen LogP contribution in [-0.4, -0.2) is 34.2 Å². The molecule has 0 saturated carbocycles. The highest BCUT2D eigenvalue weighted by molar-refractivity contribution is 8.00. The summed E-state index contributed by atoms with van der Waals surface area (Å²) in [6.07, 6.45) is 1.56. The normalized spacial score (nSPS) is 10.3. The van der Waals surface area contributed by atoms with E-state index in [0.717, 1.165) is 9.90 Å². The first-order valence-corrected chi connectivity index (χ1v) is 9.32. The number of esters is 1. The maximum atomic E-state index is 12.0. The van der Waals surface area contributed by atoms with Crippen molar-refractivity contribution in [3.8, 4) is 0 Å². The summed E-state index contributed by atoms with van der Waals surface area (Å²) < 4.78 is 5.41. The monoisotopic (exact) mass is 386 g/mol. The molecule has 2 heterocycles. The number of pyridine rings is 1. The Labute approximate surface area is 157 Å². The average Bonchev–Trinajstić information content (AvgIpc) is 3.14. The number of anilines is 1. The third-order valence-corrected chi connectivity index (χ3v) is 5.30. The van der Waals surface area contributed by atoms with Gasteiger partial charge in [-0.2, -0.15) is 0 Å². The van der Waals surface area contributed by atoms with Crippen LogP contribution in [0.15, 0.2) is 53.0 Å². The highest BCUT2D eigenvalue weighted by Gasteiger charge is 2.11. The van der Waals surface area contributed by atoms with Crippen LogP contribution < -0.4 is 5.32 Å². The minimum absolute atomic E-state index is 0.322. The third-order valence-electron chi connectivity index (χ3n) is 3.26. The molecule has 0 aliphatic carbocycles. The fraction of sp³-hybridized carbons (Fsp3) is 0.118. The predicted octanol–water partition coefficient (Wildman–Crippen LogP) is 3.26. The number of aromatic nitrogens is 3. The largest absolute Gasteiger partial charge is 0.465 e. The Morgan fingerprint density at radius 2 is 1.96 bits per heavy atom. The topological polar surface area (TPSA) is 94.1 Å². The SMILES string of the molecule is COC(=O)c1ccc(CSc2nnc(NC(=O)c3ccccn3)s2)cc1. The lowest BCUT2D eigenvalue weighted by molar-refractivity contribution is 0.0600. The molecule has 0 unspecified atom stereocenters. The van der Waals surface area contributed by atoms with Crippen LogP contribution in [-0.2, 0) is 10.5 Å². The van der Waals surface area contributed by atoms with Crippen molar-refractivity contribution in [1.29, 1.82) is 0 Å². The molecular weight excluding hydrogens is 372 g/mol. The molecule has 26 heavy (non-hydrogen) atoms. The van der Waals surface area contributed by atoms with Gasteiger partial charge in [0.05, 0.1) is 12.7 Å². The first-order valence-electron chi connectivity index (χ1n) is 7.51. The number of nitrogens with one attached hydrogen (secondary N) is 1. The first kappa shape index (κ1) is 18.0. The van der Waals surface area contributed by atoms with Gasteiger partial charge >= 0.3 is 5.97 Å². The molecule has 1 aromatic carbocycles. The Bertz CT molecular complexity index is 898. The Morgan fingerprint density at radius 3 is 2.65 bits per heavy atom. The number of amides is 1. The van der Waals surface area contributed by atoms with Crippen molar-refractivity contribution in [2.45, 2.75) is 10.1 Å². The molecule has 9 heteroatoms. The van der Waals surface area contributed by atoms with Gasteiger partial charge in [0.15, 0.2) is 4.34 Å². The smallest absolute Gasteiger partial charge is 0.337 e. The van der Waals surface area contributed by atoms with Crippen molar-refractivity contribution in [1.82, 2.24) is 15.2 Å². The van der Waals surface area contributed by atoms with E-state index in [4.69, 9.17) is 0 Å². The van der Waals surface area contributed by atoms with E-state index in [9.17, 15) is 9.59 Å². The summed E-state index contributed by atoms with van der Waals surface area (Å²) >= 11 is 2.79. The zero-order valence-electron chi connectivity index (χ0n) is 13.7. The molecule has 0 spiro atoms. The summed E-state index contributed by atoms with van der Waals surface area (Å²) in [6, 6.07) is 12.3. The summed E-state index contributed by atoms with van der Waals surface area (Å²) in [7, 11) is 1.35. The molecule has 0 aliphatic rings. The summed E-state index contributed by atoms with van der Waals surface area (Å²) in [5.41, 5.74) is 1.87. The number of carbonyl (C=O) groups is 2. The zero-order chi connectivity index (χ0) is 18.4. The van der Waals surface area contributed by atoms with Crippen LogP contribution in [0.4, 0.5) is 5.13 Å². The number of hydrogen-bond donors (Lipinski definition) is 1. The van der Waals surface area contributed by atoms with E-state index in [-0.39, 0.29) is 11.9 Å². The average molecular weight is 386 g/mol. The van der Waals surface area contributed by atoms with Crippen LogP contribution in [0.2, 0.25) is 0 Å². The quantitative estimate of drug-likeness (QED) is 0.395. The molecule has 0 aliphatic heterocycles. The van der Waals surface area contributed by atoms with Crippen molar-refractivity contribution >= 4 is 40.1 Å². The standard InChI is InChI=1S/C17H14N4O3S2/c1-24-15(23)12-7-5-11(6-8-12)10-25-17-21-20-16(26-17)19-14(22)13-4-2-3-9-18-13/h2-9H,10H2,1H3,(H,19,20,22). The van der Waals surface area contributed by atoms with Gasteiger partial charge in [-0.05, 0) is 29.8 Å². The lowest BCUT2D eigenvalue weighted by Gasteiger charge is -2.01. The lowest BCUT2D eigenvalue weighted by atomic mass is 10.1. The number of carbonyl (C=O) groups excluding carboxylic acids is 2.